The first kappa shape index (κ1) is 24.9. The number of nitrogen functional groups attached to an aromatic ring is 1. The van der Waals surface area contributed by atoms with Crippen LogP contribution in [0.4, 0.5) is 5.82 Å². The average molecular weight is 477 g/mol. The normalized spacial score (nSPS) is 18.5. The molecule has 35 heavy (non-hydrogen) atoms. The summed E-state index contributed by atoms with van der Waals surface area (Å²) in [6.07, 6.45) is 8.68. The lowest BCUT2D eigenvalue weighted by atomic mass is 9.85. The molecule has 0 unspecified atom stereocenters. The van der Waals surface area contributed by atoms with Crippen LogP contribution in [0.2, 0.25) is 0 Å². The number of rotatable bonds is 6. The first-order valence-corrected chi connectivity index (χ1v) is 12.5. The van der Waals surface area contributed by atoms with Gasteiger partial charge in [-0.3, -0.25) is 19.5 Å². The van der Waals surface area contributed by atoms with Crippen LogP contribution in [0.25, 0.3) is 5.57 Å². The maximum Gasteiger partial charge on any atom is 0.246 e. The molecule has 0 spiro atoms. The Kier molecular flexibility index (Phi) is 8.13. The van der Waals surface area contributed by atoms with Gasteiger partial charge in [0.1, 0.15) is 5.82 Å². The maximum absolute atomic E-state index is 13.3. The van der Waals surface area contributed by atoms with Crippen molar-refractivity contribution in [2.45, 2.75) is 32.2 Å². The number of piperidine rings is 2. The van der Waals surface area contributed by atoms with E-state index in [1.165, 1.54) is 0 Å². The smallest absolute Gasteiger partial charge is 0.246 e. The van der Waals surface area contributed by atoms with Crippen LogP contribution < -0.4 is 5.73 Å². The Hall–Kier alpha value is -3.26. The summed E-state index contributed by atoms with van der Waals surface area (Å²) in [4.78, 5) is 40.3. The lowest BCUT2D eigenvalue weighted by Gasteiger charge is -2.38. The number of hydrogen-bond acceptors (Lipinski definition) is 6. The Labute approximate surface area is 207 Å². The van der Waals surface area contributed by atoms with Crippen LogP contribution >= 0.6 is 0 Å². The van der Waals surface area contributed by atoms with Gasteiger partial charge in [0.2, 0.25) is 11.8 Å². The van der Waals surface area contributed by atoms with Gasteiger partial charge < -0.3 is 15.5 Å². The molecule has 2 aliphatic rings. The van der Waals surface area contributed by atoms with Crippen molar-refractivity contribution in [1.82, 2.24) is 24.7 Å². The third-order valence-electron chi connectivity index (χ3n) is 7.12. The molecule has 0 aromatic carbocycles. The molecule has 0 aliphatic carbocycles. The van der Waals surface area contributed by atoms with E-state index in [4.69, 9.17) is 5.73 Å². The van der Waals surface area contributed by atoms with Crippen LogP contribution in [0.15, 0.2) is 48.8 Å². The highest BCUT2D eigenvalue weighted by Gasteiger charge is 2.32. The third-order valence-corrected chi connectivity index (χ3v) is 7.12. The molecule has 2 saturated heterocycles. The molecule has 8 heteroatoms. The third kappa shape index (κ3) is 6.45. The van der Waals surface area contributed by atoms with E-state index in [2.05, 4.69) is 14.9 Å². The highest BCUT2D eigenvalue weighted by molar-refractivity contribution is 5.95. The molecule has 4 rings (SSSR count). The van der Waals surface area contributed by atoms with Gasteiger partial charge in [-0.1, -0.05) is 6.07 Å². The zero-order valence-electron chi connectivity index (χ0n) is 20.8. The molecular weight excluding hydrogens is 440 g/mol. The van der Waals surface area contributed by atoms with Gasteiger partial charge in [-0.05, 0) is 80.1 Å². The van der Waals surface area contributed by atoms with Crippen molar-refractivity contribution < 1.29 is 9.59 Å². The summed E-state index contributed by atoms with van der Waals surface area (Å²) in [5.74, 6) is 1.09. The topological polar surface area (TPSA) is 95.7 Å². The van der Waals surface area contributed by atoms with Crippen molar-refractivity contribution in [2.24, 2.45) is 11.8 Å². The van der Waals surface area contributed by atoms with Crippen molar-refractivity contribution in [3.05, 3.63) is 60.1 Å². The lowest BCUT2D eigenvalue weighted by molar-refractivity contribution is -0.138. The lowest BCUT2D eigenvalue weighted by Crippen LogP contribution is -2.45. The average Bonchev–Trinajstić information content (AvgIpc) is 2.88. The molecule has 2 fully saturated rings. The number of likely N-dealkylation sites (N-methyl/N-ethyl adjacent to an activating group) is 1. The first-order chi connectivity index (χ1) is 16.9. The first-order valence-electron chi connectivity index (χ1n) is 12.5. The van der Waals surface area contributed by atoms with Crippen LogP contribution in [0.1, 0.15) is 36.9 Å². The number of allylic oxidation sites excluding steroid dienone is 1. The number of pyridine rings is 2. The van der Waals surface area contributed by atoms with Crippen molar-refractivity contribution in [3.63, 3.8) is 0 Å². The van der Waals surface area contributed by atoms with E-state index in [1.54, 1.807) is 37.5 Å². The number of hydrogen-bond donors (Lipinski definition) is 1. The summed E-state index contributed by atoms with van der Waals surface area (Å²) >= 11 is 0. The number of carbonyl (C=O) groups is 2. The molecule has 0 saturated carbocycles. The summed E-state index contributed by atoms with van der Waals surface area (Å²) in [7, 11) is 3.52. The summed E-state index contributed by atoms with van der Waals surface area (Å²) in [6.45, 7) is 4.11. The SMILES string of the molecule is CN(C)C(=O)C=C(c1ccccn1)C1CCN(C(=O)C2CCN(Cc3ccnc(N)c3)CC2)CC1. The Morgan fingerprint density at radius 3 is 2.34 bits per heavy atom. The van der Waals surface area contributed by atoms with E-state index in [0.717, 1.165) is 75.2 Å². The van der Waals surface area contributed by atoms with Gasteiger partial charge in [0, 0.05) is 58.1 Å². The Bertz CT molecular complexity index is 1040. The van der Waals surface area contributed by atoms with Crippen LogP contribution in [0.5, 0.6) is 0 Å². The van der Waals surface area contributed by atoms with Crippen molar-refractivity contribution in [2.75, 3.05) is 46.0 Å². The van der Waals surface area contributed by atoms with Crippen molar-refractivity contribution >= 4 is 23.2 Å². The van der Waals surface area contributed by atoms with Gasteiger partial charge in [0.25, 0.3) is 0 Å². The molecule has 2 aromatic heterocycles. The zero-order valence-corrected chi connectivity index (χ0v) is 20.8. The molecule has 2 N–H and O–H groups in total. The second-order valence-electron chi connectivity index (χ2n) is 9.79. The van der Waals surface area contributed by atoms with Crippen molar-refractivity contribution in [3.8, 4) is 0 Å². The molecule has 2 aromatic rings. The van der Waals surface area contributed by atoms with Gasteiger partial charge in [-0.2, -0.15) is 0 Å². The van der Waals surface area contributed by atoms with E-state index in [1.807, 2.05) is 35.2 Å². The summed E-state index contributed by atoms with van der Waals surface area (Å²) in [6, 6.07) is 9.71. The predicted octanol–water partition coefficient (Wildman–Crippen LogP) is 2.68. The van der Waals surface area contributed by atoms with Gasteiger partial charge in [0.15, 0.2) is 0 Å². The minimum Gasteiger partial charge on any atom is -0.384 e. The number of likely N-dealkylation sites (tertiary alicyclic amines) is 2. The van der Waals surface area contributed by atoms with Gasteiger partial charge in [-0.25, -0.2) is 4.98 Å². The number of amides is 2. The Balaban J connectivity index is 1.31. The van der Waals surface area contributed by atoms with Crippen LogP contribution in [-0.2, 0) is 16.1 Å². The van der Waals surface area contributed by atoms with E-state index in [9.17, 15) is 9.59 Å². The molecule has 186 valence electrons. The zero-order chi connectivity index (χ0) is 24.8. The summed E-state index contributed by atoms with van der Waals surface area (Å²) < 4.78 is 0. The summed E-state index contributed by atoms with van der Waals surface area (Å²) in [5.41, 5.74) is 8.78. The second kappa shape index (κ2) is 11.4. The molecule has 4 heterocycles. The van der Waals surface area contributed by atoms with E-state index in [-0.39, 0.29) is 23.7 Å². The number of anilines is 1. The quantitative estimate of drug-likeness (QED) is 0.644. The molecule has 0 bridgehead atoms. The Morgan fingerprint density at radius 2 is 1.71 bits per heavy atom. The van der Waals surface area contributed by atoms with E-state index >= 15 is 0 Å². The van der Waals surface area contributed by atoms with Crippen molar-refractivity contribution in [1.29, 1.82) is 0 Å². The van der Waals surface area contributed by atoms with Crippen LogP contribution in [0, 0.1) is 11.8 Å². The van der Waals surface area contributed by atoms with Gasteiger partial charge in [0.05, 0.1) is 5.69 Å². The highest BCUT2D eigenvalue weighted by Crippen LogP contribution is 2.32. The van der Waals surface area contributed by atoms with Crippen LogP contribution in [-0.4, -0.2) is 76.8 Å². The fourth-order valence-electron chi connectivity index (χ4n) is 5.05. The number of nitrogens with zero attached hydrogens (tertiary/aromatic N) is 5. The van der Waals surface area contributed by atoms with Crippen LogP contribution in [0.3, 0.4) is 0 Å². The van der Waals surface area contributed by atoms with Gasteiger partial charge >= 0.3 is 0 Å². The highest BCUT2D eigenvalue weighted by atomic mass is 16.2. The monoisotopic (exact) mass is 476 g/mol. The number of carbonyl (C=O) groups excluding carboxylic acids is 2. The fraction of sp³-hybridized carbons (Fsp3) is 0.481. The van der Waals surface area contributed by atoms with Gasteiger partial charge in [-0.15, -0.1) is 0 Å². The maximum atomic E-state index is 13.3. The fourth-order valence-corrected chi connectivity index (χ4v) is 5.05. The molecule has 8 nitrogen and oxygen atoms in total. The largest absolute Gasteiger partial charge is 0.384 e. The molecular formula is C27H36N6O2. The number of aromatic nitrogens is 2. The molecule has 0 radical (unpaired) electrons. The molecule has 2 aliphatic heterocycles. The Morgan fingerprint density at radius 1 is 1.00 bits per heavy atom. The second-order valence-corrected chi connectivity index (χ2v) is 9.79. The minimum atomic E-state index is -0.0367. The summed E-state index contributed by atoms with van der Waals surface area (Å²) in [5, 5.41) is 0. The minimum absolute atomic E-state index is 0.0367. The molecule has 0 atom stereocenters. The number of nitrogens with two attached hydrogens (primary N) is 1. The van der Waals surface area contributed by atoms with E-state index < -0.39 is 0 Å². The predicted molar refractivity (Wildman–Crippen MR) is 137 cm³/mol. The molecule has 2 amide bonds. The standard InChI is InChI=1S/C27H36N6O2/c1-31(2)26(34)18-23(24-5-3-4-11-29-24)21-9-15-33(16-10-21)27(35)22-7-13-32(14-8-22)19-20-6-12-30-25(28)17-20/h3-6,11-12,17-18,21-22H,7-10,13-16,19H2,1-2H3,(H2,28,30). The van der Waals surface area contributed by atoms with E-state index in [0.29, 0.717) is 5.82 Å².